The van der Waals surface area contributed by atoms with Gasteiger partial charge in [-0.15, -0.1) is 0 Å². The third kappa shape index (κ3) is 5.12. The summed E-state index contributed by atoms with van der Waals surface area (Å²) in [6, 6.07) is 14.5. The predicted octanol–water partition coefficient (Wildman–Crippen LogP) is 3.64. The summed E-state index contributed by atoms with van der Waals surface area (Å²) in [4.78, 5) is 11.9. The summed E-state index contributed by atoms with van der Waals surface area (Å²) in [5, 5.41) is 3.99. The van der Waals surface area contributed by atoms with E-state index in [9.17, 15) is 4.79 Å². The Hall–Kier alpha value is -2.82. The molecule has 2 aromatic carbocycles. The molecule has 126 valence electrons. The van der Waals surface area contributed by atoms with Crippen molar-refractivity contribution in [2.75, 3.05) is 13.2 Å². The normalized spacial score (nSPS) is 10.6. The van der Waals surface area contributed by atoms with E-state index in [1.165, 1.54) is 0 Å². The summed E-state index contributed by atoms with van der Waals surface area (Å²) in [5.41, 5.74) is 3.88. The largest absolute Gasteiger partial charge is 0.490 e. The molecule has 0 atom stereocenters. The molecule has 0 bridgehead atoms. The van der Waals surface area contributed by atoms with Crippen LogP contribution in [0.3, 0.4) is 0 Å². The van der Waals surface area contributed by atoms with E-state index in [-0.39, 0.29) is 5.91 Å². The molecule has 24 heavy (non-hydrogen) atoms. The second kappa shape index (κ2) is 9.35. The first-order chi connectivity index (χ1) is 11.7. The number of hydrogen-bond acceptors (Lipinski definition) is 4. The van der Waals surface area contributed by atoms with Gasteiger partial charge in [0.25, 0.3) is 5.91 Å². The predicted molar refractivity (Wildman–Crippen MR) is 94.9 cm³/mol. The van der Waals surface area contributed by atoms with E-state index in [4.69, 9.17) is 9.47 Å². The first-order valence-electron chi connectivity index (χ1n) is 8.02. The Morgan fingerprint density at radius 3 is 2.58 bits per heavy atom. The number of ether oxygens (including phenoxy) is 2. The quantitative estimate of drug-likeness (QED) is 0.595. The number of benzene rings is 2. The van der Waals surface area contributed by atoms with Crippen molar-refractivity contribution in [3.05, 3.63) is 59.7 Å². The Kier molecular flexibility index (Phi) is 6.83. The van der Waals surface area contributed by atoms with Gasteiger partial charge >= 0.3 is 0 Å². The van der Waals surface area contributed by atoms with E-state index < -0.39 is 0 Å². The highest BCUT2D eigenvalue weighted by molar-refractivity contribution is 5.94. The van der Waals surface area contributed by atoms with Crippen molar-refractivity contribution < 1.29 is 14.3 Å². The molecule has 5 nitrogen and oxygen atoms in total. The van der Waals surface area contributed by atoms with Crippen LogP contribution in [0.5, 0.6) is 11.5 Å². The van der Waals surface area contributed by atoms with Crippen LogP contribution in [0.15, 0.2) is 53.6 Å². The van der Waals surface area contributed by atoms with Gasteiger partial charge in [-0.05, 0) is 49.2 Å². The van der Waals surface area contributed by atoms with E-state index in [1.807, 2.05) is 43.3 Å². The van der Waals surface area contributed by atoms with Crippen molar-refractivity contribution in [3.63, 3.8) is 0 Å². The van der Waals surface area contributed by atoms with Gasteiger partial charge in [-0.1, -0.05) is 25.1 Å². The topological polar surface area (TPSA) is 59.9 Å². The fourth-order valence-electron chi connectivity index (χ4n) is 2.02. The van der Waals surface area contributed by atoms with Gasteiger partial charge < -0.3 is 9.47 Å². The second-order valence-corrected chi connectivity index (χ2v) is 5.05. The van der Waals surface area contributed by atoms with Gasteiger partial charge in [-0.2, -0.15) is 5.10 Å². The highest BCUT2D eigenvalue weighted by Crippen LogP contribution is 2.28. The maximum atomic E-state index is 11.9. The number of nitrogens with one attached hydrogen (secondary N) is 1. The summed E-state index contributed by atoms with van der Waals surface area (Å²) < 4.78 is 11.3. The van der Waals surface area contributed by atoms with Gasteiger partial charge in [0, 0.05) is 5.56 Å². The van der Waals surface area contributed by atoms with Gasteiger partial charge in [-0.25, -0.2) is 5.43 Å². The Labute approximate surface area is 142 Å². The van der Waals surface area contributed by atoms with Crippen molar-refractivity contribution in [2.45, 2.75) is 20.3 Å². The number of rotatable bonds is 8. The molecular weight excluding hydrogens is 304 g/mol. The molecule has 1 N–H and O–H groups in total. The Balaban J connectivity index is 2.03. The Morgan fingerprint density at radius 1 is 1.08 bits per heavy atom. The lowest BCUT2D eigenvalue weighted by atomic mass is 10.2. The third-order valence-electron chi connectivity index (χ3n) is 3.14. The van der Waals surface area contributed by atoms with E-state index >= 15 is 0 Å². The molecule has 0 saturated carbocycles. The van der Waals surface area contributed by atoms with Crippen molar-refractivity contribution in [2.24, 2.45) is 5.10 Å². The molecule has 5 heteroatoms. The van der Waals surface area contributed by atoms with Crippen LogP contribution >= 0.6 is 0 Å². The molecule has 0 aliphatic heterocycles. The van der Waals surface area contributed by atoms with E-state index in [0.717, 1.165) is 12.0 Å². The number of hydrazone groups is 1. The summed E-state index contributed by atoms with van der Waals surface area (Å²) in [6.07, 6.45) is 2.51. The summed E-state index contributed by atoms with van der Waals surface area (Å²) >= 11 is 0. The number of amides is 1. The van der Waals surface area contributed by atoms with Gasteiger partial charge in [0.15, 0.2) is 11.5 Å². The van der Waals surface area contributed by atoms with Gasteiger partial charge in [0.05, 0.1) is 19.4 Å². The first-order valence-corrected chi connectivity index (χ1v) is 8.02. The molecule has 2 rings (SSSR count). The maximum absolute atomic E-state index is 11.9. The monoisotopic (exact) mass is 326 g/mol. The van der Waals surface area contributed by atoms with Crippen LogP contribution in [0.2, 0.25) is 0 Å². The minimum absolute atomic E-state index is 0.250. The van der Waals surface area contributed by atoms with Gasteiger partial charge in [0.2, 0.25) is 0 Å². The van der Waals surface area contributed by atoms with Crippen molar-refractivity contribution in [1.82, 2.24) is 5.43 Å². The van der Waals surface area contributed by atoms with Crippen LogP contribution in [0, 0.1) is 0 Å². The standard InChI is InChI=1S/C19H22N2O3/c1-3-12-24-17-11-10-15(13-18(17)23-4-2)14-20-21-19(22)16-8-6-5-7-9-16/h5-11,13-14H,3-4,12H2,1-2H3,(H,21,22)/b20-14-. The average Bonchev–Trinajstić information content (AvgIpc) is 2.62. The summed E-state index contributed by atoms with van der Waals surface area (Å²) in [6.45, 7) is 5.16. The van der Waals surface area contributed by atoms with Crippen LogP contribution in [-0.4, -0.2) is 25.3 Å². The summed E-state index contributed by atoms with van der Waals surface area (Å²) in [5.74, 6) is 1.13. The molecule has 0 aromatic heterocycles. The van der Waals surface area contributed by atoms with Crippen LogP contribution in [0.4, 0.5) is 0 Å². The van der Waals surface area contributed by atoms with Crippen molar-refractivity contribution in [1.29, 1.82) is 0 Å². The zero-order chi connectivity index (χ0) is 17.2. The number of carbonyl (C=O) groups excluding carboxylic acids is 1. The zero-order valence-electron chi connectivity index (χ0n) is 14.0. The molecule has 0 fully saturated rings. The smallest absolute Gasteiger partial charge is 0.271 e. The van der Waals surface area contributed by atoms with Crippen LogP contribution in [-0.2, 0) is 0 Å². The first kappa shape index (κ1) is 17.5. The molecule has 0 unspecified atom stereocenters. The van der Waals surface area contributed by atoms with Crippen molar-refractivity contribution >= 4 is 12.1 Å². The number of carbonyl (C=O) groups is 1. The number of nitrogens with zero attached hydrogens (tertiary/aromatic N) is 1. The van der Waals surface area contributed by atoms with E-state index in [1.54, 1.807) is 18.3 Å². The average molecular weight is 326 g/mol. The molecule has 0 heterocycles. The summed E-state index contributed by atoms with van der Waals surface area (Å²) in [7, 11) is 0. The van der Waals surface area contributed by atoms with Crippen LogP contribution in [0.1, 0.15) is 36.2 Å². The molecule has 1 amide bonds. The minimum Gasteiger partial charge on any atom is -0.490 e. The zero-order valence-corrected chi connectivity index (χ0v) is 14.0. The second-order valence-electron chi connectivity index (χ2n) is 5.05. The highest BCUT2D eigenvalue weighted by Gasteiger charge is 2.06. The van der Waals surface area contributed by atoms with E-state index in [0.29, 0.717) is 30.3 Å². The Bertz CT molecular complexity index is 684. The van der Waals surface area contributed by atoms with Crippen LogP contribution < -0.4 is 14.9 Å². The molecule has 0 aliphatic rings. The maximum Gasteiger partial charge on any atom is 0.271 e. The fraction of sp³-hybridized carbons (Fsp3) is 0.263. The lowest BCUT2D eigenvalue weighted by Crippen LogP contribution is -2.17. The SMILES string of the molecule is CCCOc1ccc(/C=N\NC(=O)c2ccccc2)cc1OCC. The van der Waals surface area contributed by atoms with Gasteiger partial charge in [0.1, 0.15) is 0 Å². The molecular formula is C19H22N2O3. The van der Waals surface area contributed by atoms with Crippen molar-refractivity contribution in [3.8, 4) is 11.5 Å². The van der Waals surface area contributed by atoms with Crippen LogP contribution in [0.25, 0.3) is 0 Å². The molecule has 0 saturated heterocycles. The molecule has 0 spiro atoms. The molecule has 0 aliphatic carbocycles. The molecule has 0 radical (unpaired) electrons. The highest BCUT2D eigenvalue weighted by atomic mass is 16.5. The van der Waals surface area contributed by atoms with E-state index in [2.05, 4.69) is 17.5 Å². The third-order valence-corrected chi connectivity index (χ3v) is 3.14. The fourth-order valence-corrected chi connectivity index (χ4v) is 2.02. The lowest BCUT2D eigenvalue weighted by Gasteiger charge is -2.11. The Morgan fingerprint density at radius 2 is 1.88 bits per heavy atom. The molecule has 2 aromatic rings. The lowest BCUT2D eigenvalue weighted by molar-refractivity contribution is 0.0955. The van der Waals surface area contributed by atoms with Gasteiger partial charge in [-0.3, -0.25) is 4.79 Å². The number of hydrogen-bond donors (Lipinski definition) is 1. The minimum atomic E-state index is -0.250.